The van der Waals surface area contributed by atoms with Crippen LogP contribution in [-0.2, 0) is 11.2 Å². The highest BCUT2D eigenvalue weighted by molar-refractivity contribution is 9.10. The molecule has 3 nitrogen and oxygen atoms in total. The number of hydrogen-bond donors (Lipinski definition) is 2. The summed E-state index contributed by atoms with van der Waals surface area (Å²) in [6, 6.07) is 9.47. The number of hydrogen-bond acceptors (Lipinski definition) is 2. The first-order valence-corrected chi connectivity index (χ1v) is 6.48. The van der Waals surface area contributed by atoms with E-state index in [-0.39, 0.29) is 12.2 Å². The van der Waals surface area contributed by atoms with Crippen LogP contribution in [-0.4, -0.2) is 16.2 Å². The summed E-state index contributed by atoms with van der Waals surface area (Å²) in [7, 11) is 0. The molecule has 4 heteroatoms. The quantitative estimate of drug-likeness (QED) is 0.905. The number of aryl methyl sites for hydroxylation is 1. The third-order valence-electron chi connectivity index (χ3n) is 2.84. The Balaban J connectivity index is 2.27. The maximum absolute atomic E-state index is 10.5. The van der Waals surface area contributed by atoms with Gasteiger partial charge in [-0.3, -0.25) is 4.79 Å². The largest absolute Gasteiger partial charge is 0.508 e. The summed E-state index contributed by atoms with van der Waals surface area (Å²) in [5, 5.41) is 20.5. The molecule has 0 saturated heterocycles. The Morgan fingerprint density at radius 3 is 2.67 bits per heavy atom. The van der Waals surface area contributed by atoms with Crippen molar-refractivity contribution in [2.45, 2.75) is 19.3 Å². The van der Waals surface area contributed by atoms with Crippen LogP contribution in [0.15, 0.2) is 34.8 Å². The first-order chi connectivity index (χ1) is 8.56. The number of halogens is 1. The second kappa shape index (κ2) is 5.40. The number of phenols is 1. The zero-order chi connectivity index (χ0) is 13.1. The first-order valence-electron chi connectivity index (χ1n) is 5.69. The van der Waals surface area contributed by atoms with E-state index in [1.807, 2.05) is 24.3 Å². The van der Waals surface area contributed by atoms with Crippen LogP contribution in [0.1, 0.15) is 18.4 Å². The average molecular weight is 309 g/mol. The highest BCUT2D eigenvalue weighted by Crippen LogP contribution is 2.28. The fourth-order valence-electron chi connectivity index (χ4n) is 1.93. The zero-order valence-corrected chi connectivity index (χ0v) is 11.3. The Morgan fingerprint density at radius 2 is 1.94 bits per heavy atom. The van der Waals surface area contributed by atoms with Gasteiger partial charge in [-0.2, -0.15) is 0 Å². The second-order valence-electron chi connectivity index (χ2n) is 4.22. The van der Waals surface area contributed by atoms with Gasteiger partial charge < -0.3 is 10.2 Å². The van der Waals surface area contributed by atoms with Crippen molar-refractivity contribution in [2.75, 3.05) is 0 Å². The van der Waals surface area contributed by atoms with Gasteiger partial charge in [-0.25, -0.2) is 0 Å². The molecule has 0 fully saturated rings. The molecule has 0 heterocycles. The van der Waals surface area contributed by atoms with Crippen molar-refractivity contribution >= 4 is 32.7 Å². The van der Waals surface area contributed by atoms with Gasteiger partial charge in [-0.15, -0.1) is 0 Å². The second-order valence-corrected chi connectivity index (χ2v) is 5.14. The fourth-order valence-corrected chi connectivity index (χ4v) is 2.31. The van der Waals surface area contributed by atoms with Gasteiger partial charge in [0.1, 0.15) is 5.75 Å². The number of carboxylic acid groups (broad SMARTS) is 1. The van der Waals surface area contributed by atoms with E-state index in [0.717, 1.165) is 20.8 Å². The molecule has 0 saturated carbocycles. The third-order valence-corrected chi connectivity index (χ3v) is 3.33. The van der Waals surface area contributed by atoms with E-state index in [0.29, 0.717) is 12.8 Å². The summed E-state index contributed by atoms with van der Waals surface area (Å²) < 4.78 is 0.983. The van der Waals surface area contributed by atoms with E-state index < -0.39 is 5.97 Å². The van der Waals surface area contributed by atoms with Crippen LogP contribution in [0.3, 0.4) is 0 Å². The summed E-state index contributed by atoms with van der Waals surface area (Å²) in [5.74, 6) is -0.576. The van der Waals surface area contributed by atoms with Gasteiger partial charge >= 0.3 is 5.97 Å². The molecule has 0 radical (unpaired) electrons. The van der Waals surface area contributed by atoms with Crippen LogP contribution >= 0.6 is 15.9 Å². The summed E-state index contributed by atoms with van der Waals surface area (Å²) in [6.45, 7) is 0. The van der Waals surface area contributed by atoms with Crippen molar-refractivity contribution in [3.63, 3.8) is 0 Å². The predicted molar refractivity (Wildman–Crippen MR) is 73.9 cm³/mol. The zero-order valence-electron chi connectivity index (χ0n) is 9.69. The molecular formula is C14H13BrO3. The van der Waals surface area contributed by atoms with Crippen LogP contribution < -0.4 is 0 Å². The van der Waals surface area contributed by atoms with Crippen molar-refractivity contribution in [3.8, 4) is 5.75 Å². The molecule has 0 aliphatic carbocycles. The average Bonchev–Trinajstić information content (AvgIpc) is 2.30. The molecule has 2 aromatic carbocycles. The molecular weight excluding hydrogens is 296 g/mol. The van der Waals surface area contributed by atoms with Gasteiger partial charge in [-0.05, 0) is 53.4 Å². The maximum atomic E-state index is 10.5. The first kappa shape index (κ1) is 12.9. The van der Waals surface area contributed by atoms with E-state index in [1.165, 1.54) is 0 Å². The van der Waals surface area contributed by atoms with Gasteiger partial charge in [-0.1, -0.05) is 22.0 Å². The molecule has 2 rings (SSSR count). The molecule has 0 aliphatic heterocycles. The number of aliphatic carboxylic acids is 1. The van der Waals surface area contributed by atoms with E-state index in [1.54, 1.807) is 6.07 Å². The molecule has 18 heavy (non-hydrogen) atoms. The molecule has 0 bridgehead atoms. The number of phenolic OH excluding ortho intramolecular Hbond substituents is 1. The van der Waals surface area contributed by atoms with E-state index in [2.05, 4.69) is 15.9 Å². The van der Waals surface area contributed by atoms with Gasteiger partial charge in [0.05, 0.1) is 0 Å². The number of carbonyl (C=O) groups is 1. The minimum atomic E-state index is -0.807. The Labute approximate surface area is 113 Å². The van der Waals surface area contributed by atoms with E-state index in [4.69, 9.17) is 5.11 Å². The molecule has 0 spiro atoms. The SMILES string of the molecule is O=C(O)CCCc1cc2cc(Br)ccc2cc1O. The van der Waals surface area contributed by atoms with Gasteiger partial charge in [0, 0.05) is 10.9 Å². The topological polar surface area (TPSA) is 57.5 Å². The Hall–Kier alpha value is -1.55. The molecule has 0 aliphatic rings. The highest BCUT2D eigenvalue weighted by atomic mass is 79.9. The number of carboxylic acids is 1. The smallest absolute Gasteiger partial charge is 0.303 e. The van der Waals surface area contributed by atoms with Crippen molar-refractivity contribution in [1.29, 1.82) is 0 Å². The number of rotatable bonds is 4. The predicted octanol–water partition coefficient (Wildman–Crippen LogP) is 3.72. The maximum Gasteiger partial charge on any atom is 0.303 e. The Morgan fingerprint density at radius 1 is 1.17 bits per heavy atom. The van der Waals surface area contributed by atoms with Crippen LogP contribution in [0.2, 0.25) is 0 Å². The number of aromatic hydroxyl groups is 1. The van der Waals surface area contributed by atoms with Crippen LogP contribution in [0.5, 0.6) is 5.75 Å². The van der Waals surface area contributed by atoms with Gasteiger partial charge in [0.25, 0.3) is 0 Å². The lowest BCUT2D eigenvalue weighted by atomic mass is 10.0. The van der Waals surface area contributed by atoms with Crippen molar-refractivity contribution in [3.05, 3.63) is 40.4 Å². The van der Waals surface area contributed by atoms with E-state index in [9.17, 15) is 9.90 Å². The van der Waals surface area contributed by atoms with Gasteiger partial charge in [0.15, 0.2) is 0 Å². The van der Waals surface area contributed by atoms with Crippen molar-refractivity contribution in [1.82, 2.24) is 0 Å². The van der Waals surface area contributed by atoms with Crippen molar-refractivity contribution < 1.29 is 15.0 Å². The minimum absolute atomic E-state index is 0.121. The molecule has 0 amide bonds. The molecule has 2 N–H and O–H groups in total. The normalized spacial score (nSPS) is 10.7. The van der Waals surface area contributed by atoms with Crippen LogP contribution in [0.4, 0.5) is 0 Å². The van der Waals surface area contributed by atoms with Gasteiger partial charge in [0.2, 0.25) is 0 Å². The third kappa shape index (κ3) is 3.01. The number of fused-ring (bicyclic) bond motifs is 1. The monoisotopic (exact) mass is 308 g/mol. The summed E-state index contributed by atoms with van der Waals surface area (Å²) in [5.41, 5.74) is 0.793. The summed E-state index contributed by atoms with van der Waals surface area (Å²) in [6.07, 6.45) is 1.22. The lowest BCUT2D eigenvalue weighted by Crippen LogP contribution is -1.96. The van der Waals surface area contributed by atoms with Crippen LogP contribution in [0.25, 0.3) is 10.8 Å². The summed E-state index contributed by atoms with van der Waals surface area (Å²) in [4.78, 5) is 10.5. The standard InChI is InChI=1S/C14H13BrO3/c15-12-5-4-9-8-13(16)10(6-11(9)7-12)2-1-3-14(17)18/h4-8,16H,1-3H2,(H,17,18). The highest BCUT2D eigenvalue weighted by Gasteiger charge is 2.06. The van der Waals surface area contributed by atoms with Crippen molar-refractivity contribution in [2.24, 2.45) is 0 Å². The number of benzene rings is 2. The molecule has 94 valence electrons. The Bertz CT molecular complexity index is 593. The lowest BCUT2D eigenvalue weighted by molar-refractivity contribution is -0.137. The van der Waals surface area contributed by atoms with Crippen LogP contribution in [0, 0.1) is 0 Å². The summed E-state index contributed by atoms with van der Waals surface area (Å²) >= 11 is 3.41. The minimum Gasteiger partial charge on any atom is -0.508 e. The fraction of sp³-hybridized carbons (Fsp3) is 0.214. The molecule has 0 atom stereocenters. The molecule has 0 unspecified atom stereocenters. The van der Waals surface area contributed by atoms with E-state index >= 15 is 0 Å². The lowest BCUT2D eigenvalue weighted by Gasteiger charge is -2.07. The molecule has 0 aromatic heterocycles. The molecule has 2 aromatic rings. The Kier molecular flexibility index (Phi) is 3.87.